The molecule has 4 heteroatoms. The monoisotopic (exact) mass is 241 g/mol. The highest BCUT2D eigenvalue weighted by Gasteiger charge is 2.24. The molecule has 17 heavy (non-hydrogen) atoms. The highest BCUT2D eigenvalue weighted by molar-refractivity contribution is 5.83. The molecule has 4 nitrogen and oxygen atoms in total. The van der Waals surface area contributed by atoms with Crippen molar-refractivity contribution < 1.29 is 14.7 Å². The maximum absolute atomic E-state index is 11.6. The SMILES string of the molecule is CC(C)[C@@H](NC(=O)CCC1CCCC1)C(=O)O. The zero-order valence-corrected chi connectivity index (χ0v) is 10.7. The molecule has 0 saturated heterocycles. The Morgan fingerprint density at radius 2 is 1.88 bits per heavy atom. The summed E-state index contributed by atoms with van der Waals surface area (Å²) in [6, 6.07) is -0.758. The average molecular weight is 241 g/mol. The lowest BCUT2D eigenvalue weighted by Gasteiger charge is -2.18. The number of hydrogen-bond donors (Lipinski definition) is 2. The van der Waals surface area contributed by atoms with Crippen molar-refractivity contribution in [3.05, 3.63) is 0 Å². The van der Waals surface area contributed by atoms with Crippen LogP contribution in [0.1, 0.15) is 52.4 Å². The molecule has 1 rings (SSSR count). The Balaban J connectivity index is 2.29. The standard InChI is InChI=1S/C13H23NO3/c1-9(2)12(13(16)17)14-11(15)8-7-10-5-3-4-6-10/h9-10,12H,3-8H2,1-2H3,(H,14,15)(H,16,17)/t12-/m1/s1. The van der Waals surface area contributed by atoms with Crippen LogP contribution < -0.4 is 5.32 Å². The Morgan fingerprint density at radius 3 is 2.35 bits per heavy atom. The van der Waals surface area contributed by atoms with Crippen LogP contribution in [0.2, 0.25) is 0 Å². The first-order chi connectivity index (χ1) is 8.00. The van der Waals surface area contributed by atoms with Gasteiger partial charge in [0.05, 0.1) is 0 Å². The predicted octanol–water partition coefficient (Wildman–Crippen LogP) is 2.18. The third-order valence-electron chi connectivity index (χ3n) is 3.50. The summed E-state index contributed by atoms with van der Waals surface area (Å²) in [4.78, 5) is 22.6. The molecule has 0 spiro atoms. The second-order valence-electron chi connectivity index (χ2n) is 5.32. The number of carboxylic acid groups (broad SMARTS) is 1. The van der Waals surface area contributed by atoms with Gasteiger partial charge in [0.1, 0.15) is 6.04 Å². The van der Waals surface area contributed by atoms with Gasteiger partial charge in [-0.2, -0.15) is 0 Å². The fourth-order valence-corrected chi connectivity index (χ4v) is 2.39. The van der Waals surface area contributed by atoms with E-state index in [9.17, 15) is 9.59 Å². The zero-order chi connectivity index (χ0) is 12.8. The first-order valence-electron chi connectivity index (χ1n) is 6.53. The average Bonchev–Trinajstić information content (AvgIpc) is 2.74. The third-order valence-corrected chi connectivity index (χ3v) is 3.50. The van der Waals surface area contributed by atoms with Crippen molar-refractivity contribution in [3.8, 4) is 0 Å². The molecular formula is C13H23NO3. The van der Waals surface area contributed by atoms with Gasteiger partial charge in [-0.15, -0.1) is 0 Å². The van der Waals surface area contributed by atoms with E-state index in [2.05, 4.69) is 5.32 Å². The molecule has 0 bridgehead atoms. The van der Waals surface area contributed by atoms with E-state index in [1.54, 1.807) is 13.8 Å². The highest BCUT2D eigenvalue weighted by atomic mass is 16.4. The van der Waals surface area contributed by atoms with Crippen molar-refractivity contribution in [3.63, 3.8) is 0 Å². The molecule has 98 valence electrons. The first kappa shape index (κ1) is 14.0. The van der Waals surface area contributed by atoms with Crippen LogP contribution in [0.4, 0.5) is 0 Å². The van der Waals surface area contributed by atoms with Crippen molar-refractivity contribution in [1.29, 1.82) is 0 Å². The predicted molar refractivity (Wildman–Crippen MR) is 65.6 cm³/mol. The Kier molecular flexibility index (Phi) is 5.45. The molecule has 1 fully saturated rings. The molecule has 0 aromatic carbocycles. The summed E-state index contributed by atoms with van der Waals surface area (Å²) in [5.74, 6) is -0.488. The van der Waals surface area contributed by atoms with Gasteiger partial charge >= 0.3 is 5.97 Å². The summed E-state index contributed by atoms with van der Waals surface area (Å²) in [7, 11) is 0. The van der Waals surface area contributed by atoms with Crippen molar-refractivity contribution in [2.75, 3.05) is 0 Å². The molecule has 1 aliphatic carbocycles. The molecule has 0 aliphatic heterocycles. The van der Waals surface area contributed by atoms with Gasteiger partial charge < -0.3 is 10.4 Å². The topological polar surface area (TPSA) is 66.4 Å². The van der Waals surface area contributed by atoms with Crippen LogP contribution >= 0.6 is 0 Å². The third kappa shape index (κ3) is 4.75. The van der Waals surface area contributed by atoms with Gasteiger partial charge in [0.2, 0.25) is 5.91 Å². The van der Waals surface area contributed by atoms with Crippen molar-refractivity contribution in [2.45, 2.75) is 58.4 Å². The lowest BCUT2D eigenvalue weighted by atomic mass is 10.0. The molecule has 0 aromatic heterocycles. The molecule has 0 heterocycles. The fourth-order valence-electron chi connectivity index (χ4n) is 2.39. The van der Waals surface area contributed by atoms with Crippen LogP contribution in [-0.2, 0) is 9.59 Å². The maximum Gasteiger partial charge on any atom is 0.326 e. The Labute approximate surface area is 103 Å². The second kappa shape index (κ2) is 6.62. The lowest BCUT2D eigenvalue weighted by molar-refractivity contribution is -0.143. The quantitative estimate of drug-likeness (QED) is 0.749. The number of carbonyl (C=O) groups excluding carboxylic acids is 1. The van der Waals surface area contributed by atoms with E-state index >= 15 is 0 Å². The minimum Gasteiger partial charge on any atom is -0.480 e. The zero-order valence-electron chi connectivity index (χ0n) is 10.7. The van der Waals surface area contributed by atoms with Gasteiger partial charge in [0.15, 0.2) is 0 Å². The lowest BCUT2D eigenvalue weighted by Crippen LogP contribution is -2.44. The van der Waals surface area contributed by atoms with Gasteiger partial charge in [-0.05, 0) is 18.3 Å². The van der Waals surface area contributed by atoms with E-state index in [0.717, 1.165) is 6.42 Å². The Bertz CT molecular complexity index is 270. The largest absolute Gasteiger partial charge is 0.480 e. The van der Waals surface area contributed by atoms with Gasteiger partial charge in [-0.3, -0.25) is 4.79 Å². The van der Waals surface area contributed by atoms with E-state index < -0.39 is 12.0 Å². The van der Waals surface area contributed by atoms with E-state index in [1.807, 2.05) is 0 Å². The molecule has 1 atom stereocenters. The van der Waals surface area contributed by atoms with Gasteiger partial charge in [0, 0.05) is 6.42 Å². The number of carboxylic acids is 1. The minimum atomic E-state index is -0.950. The summed E-state index contributed by atoms with van der Waals surface area (Å²) in [5, 5.41) is 11.6. The smallest absolute Gasteiger partial charge is 0.326 e. The van der Waals surface area contributed by atoms with Crippen LogP contribution in [0, 0.1) is 11.8 Å². The van der Waals surface area contributed by atoms with E-state index in [4.69, 9.17) is 5.11 Å². The van der Waals surface area contributed by atoms with E-state index in [-0.39, 0.29) is 11.8 Å². The minimum absolute atomic E-state index is 0.0806. The van der Waals surface area contributed by atoms with Crippen molar-refractivity contribution in [2.24, 2.45) is 11.8 Å². The Hall–Kier alpha value is -1.06. The normalized spacial score (nSPS) is 18.3. The maximum atomic E-state index is 11.6. The summed E-state index contributed by atoms with van der Waals surface area (Å²) >= 11 is 0. The van der Waals surface area contributed by atoms with Crippen molar-refractivity contribution in [1.82, 2.24) is 5.32 Å². The first-order valence-corrected chi connectivity index (χ1v) is 6.53. The number of nitrogens with one attached hydrogen (secondary N) is 1. The van der Waals surface area contributed by atoms with Crippen LogP contribution in [0.25, 0.3) is 0 Å². The molecule has 1 amide bonds. The van der Waals surface area contributed by atoms with Gasteiger partial charge in [-0.25, -0.2) is 4.79 Å². The second-order valence-corrected chi connectivity index (χ2v) is 5.32. The molecule has 2 N–H and O–H groups in total. The van der Waals surface area contributed by atoms with E-state index in [0.29, 0.717) is 12.3 Å². The highest BCUT2D eigenvalue weighted by Crippen LogP contribution is 2.28. The molecule has 1 aliphatic rings. The molecular weight excluding hydrogens is 218 g/mol. The fraction of sp³-hybridized carbons (Fsp3) is 0.846. The van der Waals surface area contributed by atoms with Crippen molar-refractivity contribution >= 4 is 11.9 Å². The van der Waals surface area contributed by atoms with Gasteiger partial charge in [0.25, 0.3) is 0 Å². The van der Waals surface area contributed by atoms with E-state index in [1.165, 1.54) is 25.7 Å². The summed E-state index contributed by atoms with van der Waals surface area (Å²) < 4.78 is 0. The van der Waals surface area contributed by atoms with Gasteiger partial charge in [-0.1, -0.05) is 39.5 Å². The summed E-state index contributed by atoms with van der Waals surface area (Å²) in [6.45, 7) is 3.60. The molecule has 0 radical (unpaired) electrons. The number of carbonyl (C=O) groups is 2. The van der Waals surface area contributed by atoms with Crippen LogP contribution in [-0.4, -0.2) is 23.0 Å². The summed E-state index contributed by atoms with van der Waals surface area (Å²) in [5.41, 5.74) is 0. The van der Waals surface area contributed by atoms with Crippen LogP contribution in [0.3, 0.4) is 0 Å². The number of hydrogen-bond acceptors (Lipinski definition) is 2. The van der Waals surface area contributed by atoms with Crippen LogP contribution in [0.5, 0.6) is 0 Å². The molecule has 0 unspecified atom stereocenters. The summed E-state index contributed by atoms with van der Waals surface area (Å²) in [6.07, 6.45) is 6.35. The number of amides is 1. The number of aliphatic carboxylic acids is 1. The Morgan fingerprint density at radius 1 is 1.29 bits per heavy atom. The van der Waals surface area contributed by atoms with Crippen LogP contribution in [0.15, 0.2) is 0 Å². The number of rotatable bonds is 6. The molecule has 0 aromatic rings. The molecule has 1 saturated carbocycles.